The first kappa shape index (κ1) is 18.4. The molecule has 0 saturated heterocycles. The summed E-state index contributed by atoms with van der Waals surface area (Å²) in [6, 6.07) is 9.05. The van der Waals surface area contributed by atoms with E-state index < -0.39 is 5.97 Å². The van der Waals surface area contributed by atoms with Crippen LogP contribution in [0.2, 0.25) is 0 Å². The summed E-state index contributed by atoms with van der Waals surface area (Å²) in [6.07, 6.45) is 4.88. The molecule has 0 bridgehead atoms. The predicted molar refractivity (Wildman–Crippen MR) is 109 cm³/mol. The summed E-state index contributed by atoms with van der Waals surface area (Å²) in [7, 11) is 0. The number of aromatic nitrogens is 2. The second-order valence-corrected chi connectivity index (χ2v) is 6.26. The molecule has 2 N–H and O–H groups in total. The summed E-state index contributed by atoms with van der Waals surface area (Å²) in [5.41, 5.74) is 2.20. The highest BCUT2D eigenvalue weighted by molar-refractivity contribution is 6.21. The first-order valence-electron chi connectivity index (χ1n) is 9.01. The van der Waals surface area contributed by atoms with Crippen molar-refractivity contribution in [2.45, 2.75) is 13.8 Å². The van der Waals surface area contributed by atoms with E-state index >= 15 is 0 Å². The van der Waals surface area contributed by atoms with Gasteiger partial charge in [-0.15, -0.1) is 0 Å². The number of hydrogen-bond acceptors (Lipinski definition) is 8. The summed E-state index contributed by atoms with van der Waals surface area (Å²) >= 11 is 0. The van der Waals surface area contributed by atoms with Crippen LogP contribution in [-0.4, -0.2) is 33.9 Å². The summed E-state index contributed by atoms with van der Waals surface area (Å²) in [5, 5.41) is 13.6. The number of ether oxygens (including phenoxy) is 1. The smallest absolute Gasteiger partial charge is 0.347 e. The first-order chi connectivity index (χ1) is 14.1. The number of carbonyl (C=O) groups is 1. The van der Waals surface area contributed by atoms with Gasteiger partial charge < -0.3 is 19.6 Å². The van der Waals surface area contributed by atoms with E-state index in [-0.39, 0.29) is 29.6 Å². The lowest BCUT2D eigenvalue weighted by Crippen LogP contribution is -2.06. The normalized spacial score (nSPS) is 13.5. The van der Waals surface area contributed by atoms with E-state index in [1.54, 1.807) is 37.5 Å². The number of aromatic hydroxyl groups is 1. The molecule has 3 aromatic rings. The van der Waals surface area contributed by atoms with E-state index in [4.69, 9.17) is 9.15 Å². The van der Waals surface area contributed by atoms with Gasteiger partial charge >= 0.3 is 5.97 Å². The Morgan fingerprint density at radius 1 is 1.31 bits per heavy atom. The lowest BCUT2D eigenvalue weighted by atomic mass is 10.1. The molecule has 3 aromatic heterocycles. The maximum Gasteiger partial charge on any atom is 0.347 e. The molecular weight excluding hydrogens is 372 g/mol. The van der Waals surface area contributed by atoms with Crippen LogP contribution in [0.5, 0.6) is 5.75 Å². The number of anilines is 2. The van der Waals surface area contributed by atoms with Gasteiger partial charge in [0.15, 0.2) is 22.9 Å². The van der Waals surface area contributed by atoms with E-state index in [0.717, 1.165) is 11.3 Å². The molecule has 1 aliphatic heterocycles. The van der Waals surface area contributed by atoms with E-state index in [1.807, 2.05) is 25.1 Å². The molecule has 4 heterocycles. The van der Waals surface area contributed by atoms with Crippen molar-refractivity contribution >= 4 is 41.4 Å². The number of pyridine rings is 2. The van der Waals surface area contributed by atoms with Gasteiger partial charge in [-0.1, -0.05) is 6.07 Å². The van der Waals surface area contributed by atoms with Crippen LogP contribution in [-0.2, 0) is 4.74 Å². The Morgan fingerprint density at radius 2 is 2.17 bits per heavy atom. The molecule has 0 saturated carbocycles. The van der Waals surface area contributed by atoms with Crippen LogP contribution in [0, 0.1) is 6.92 Å². The molecule has 0 aliphatic carbocycles. The second kappa shape index (κ2) is 7.59. The predicted octanol–water partition coefficient (Wildman–Crippen LogP) is 4.26. The highest BCUT2D eigenvalue weighted by Gasteiger charge is 2.27. The molecule has 0 unspecified atom stereocenters. The van der Waals surface area contributed by atoms with Crippen molar-refractivity contribution < 1.29 is 19.1 Å². The van der Waals surface area contributed by atoms with Gasteiger partial charge in [0.1, 0.15) is 5.82 Å². The molecule has 0 fully saturated rings. The van der Waals surface area contributed by atoms with Crippen LogP contribution in [0.25, 0.3) is 11.6 Å². The Morgan fingerprint density at radius 3 is 2.97 bits per heavy atom. The zero-order valence-corrected chi connectivity index (χ0v) is 15.8. The van der Waals surface area contributed by atoms with Crippen molar-refractivity contribution in [2.24, 2.45) is 4.99 Å². The summed E-state index contributed by atoms with van der Waals surface area (Å²) < 4.78 is 10.8. The lowest BCUT2D eigenvalue weighted by molar-refractivity contribution is 0.0524. The standard InChI is InChI=1S/C21H18N4O4/c1-3-28-21(27)17-18(26)15(10-13-11-23-19-14(13)7-5-9-22-19)29-20(17)25-16-8-4-6-12(2)24-16/h4-11,26H,3H2,1-2H3,(H,24,25). The highest BCUT2D eigenvalue weighted by Crippen LogP contribution is 2.39. The van der Waals surface area contributed by atoms with Gasteiger partial charge in [-0.25, -0.2) is 19.8 Å². The van der Waals surface area contributed by atoms with Gasteiger partial charge in [-0.2, -0.15) is 0 Å². The average molecular weight is 390 g/mol. The van der Waals surface area contributed by atoms with Gasteiger partial charge in [0.25, 0.3) is 0 Å². The van der Waals surface area contributed by atoms with Gasteiger partial charge in [-0.3, -0.25) is 0 Å². The van der Waals surface area contributed by atoms with E-state index in [2.05, 4.69) is 20.3 Å². The number of rotatable bonds is 5. The molecule has 1 aliphatic rings. The van der Waals surface area contributed by atoms with Crippen LogP contribution in [0.4, 0.5) is 17.5 Å². The van der Waals surface area contributed by atoms with Crippen LogP contribution >= 0.6 is 0 Å². The van der Waals surface area contributed by atoms with Crippen LogP contribution in [0.1, 0.15) is 34.3 Å². The third-order valence-corrected chi connectivity index (χ3v) is 4.23. The van der Waals surface area contributed by atoms with E-state index in [9.17, 15) is 9.90 Å². The molecule has 146 valence electrons. The highest BCUT2D eigenvalue weighted by atomic mass is 16.5. The summed E-state index contributed by atoms with van der Waals surface area (Å²) in [5.74, 6) is 0.180. The molecule has 0 spiro atoms. The van der Waals surface area contributed by atoms with Gasteiger partial charge in [-0.05, 0) is 44.2 Å². The third kappa shape index (κ3) is 3.60. The number of aryl methyl sites for hydroxylation is 1. The molecule has 8 heteroatoms. The minimum atomic E-state index is -0.698. The SMILES string of the molecule is CCOC(=O)c1c(Nc2cccc(C)n2)oc(C=C2C=Nc3ncccc32)c1O. The minimum Gasteiger partial charge on any atom is -0.504 e. The number of nitrogens with one attached hydrogen (secondary N) is 1. The number of fused-ring (bicyclic) bond motifs is 1. The first-order valence-corrected chi connectivity index (χ1v) is 9.01. The Bertz CT molecular complexity index is 1150. The average Bonchev–Trinajstić information content (AvgIpc) is 3.24. The lowest BCUT2D eigenvalue weighted by Gasteiger charge is -2.05. The van der Waals surface area contributed by atoms with Crippen LogP contribution < -0.4 is 5.32 Å². The van der Waals surface area contributed by atoms with E-state index in [0.29, 0.717) is 17.2 Å². The quantitative estimate of drug-likeness (QED) is 0.626. The number of nitrogens with zero attached hydrogens (tertiary/aromatic N) is 3. The van der Waals surface area contributed by atoms with Gasteiger partial charge in [0.05, 0.1) is 6.61 Å². The van der Waals surface area contributed by atoms with Crippen molar-refractivity contribution in [1.29, 1.82) is 0 Å². The molecule has 29 heavy (non-hydrogen) atoms. The second-order valence-electron chi connectivity index (χ2n) is 6.26. The Labute approximate surface area is 166 Å². The van der Waals surface area contributed by atoms with Crippen molar-refractivity contribution in [3.63, 3.8) is 0 Å². The number of hydrogen-bond donors (Lipinski definition) is 2. The number of esters is 1. The fourth-order valence-corrected chi connectivity index (χ4v) is 2.93. The van der Waals surface area contributed by atoms with Crippen molar-refractivity contribution in [1.82, 2.24) is 9.97 Å². The fourth-order valence-electron chi connectivity index (χ4n) is 2.93. The third-order valence-electron chi connectivity index (χ3n) is 4.23. The fraction of sp³-hybridized carbons (Fsp3) is 0.143. The van der Waals surface area contributed by atoms with E-state index in [1.165, 1.54) is 0 Å². The molecule has 0 aromatic carbocycles. The van der Waals surface area contributed by atoms with Crippen molar-refractivity contribution in [2.75, 3.05) is 11.9 Å². The Kier molecular flexibility index (Phi) is 4.82. The molecule has 0 radical (unpaired) electrons. The molecule has 0 atom stereocenters. The zero-order chi connectivity index (χ0) is 20.4. The maximum absolute atomic E-state index is 12.4. The number of aliphatic imine (C=N–C) groups is 1. The Hall–Kier alpha value is -3.94. The molecule has 8 nitrogen and oxygen atoms in total. The largest absolute Gasteiger partial charge is 0.504 e. The van der Waals surface area contributed by atoms with Crippen molar-refractivity contribution in [3.8, 4) is 5.75 Å². The van der Waals surface area contributed by atoms with Crippen LogP contribution in [0.3, 0.4) is 0 Å². The monoisotopic (exact) mass is 390 g/mol. The van der Waals surface area contributed by atoms with Gasteiger partial charge in [0.2, 0.25) is 5.88 Å². The topological polar surface area (TPSA) is 110 Å². The van der Waals surface area contributed by atoms with Crippen LogP contribution in [0.15, 0.2) is 45.9 Å². The maximum atomic E-state index is 12.4. The molecule has 0 amide bonds. The summed E-state index contributed by atoms with van der Waals surface area (Å²) in [6.45, 7) is 3.69. The minimum absolute atomic E-state index is 0.0484. The molecular formula is C21H18N4O4. The Balaban J connectivity index is 1.77. The molecule has 4 rings (SSSR count). The zero-order valence-electron chi connectivity index (χ0n) is 15.8. The van der Waals surface area contributed by atoms with Gasteiger partial charge in [0, 0.05) is 29.2 Å². The summed E-state index contributed by atoms with van der Waals surface area (Å²) in [4.78, 5) is 25.2. The number of carbonyl (C=O) groups excluding carboxylic acids is 1. The van der Waals surface area contributed by atoms with Crippen molar-refractivity contribution in [3.05, 3.63) is 59.1 Å². The number of allylic oxidation sites excluding steroid dienone is 1. The number of furan rings is 1.